The van der Waals surface area contributed by atoms with Gasteiger partial charge in [-0.2, -0.15) is 0 Å². The Morgan fingerprint density at radius 2 is 1.85 bits per heavy atom. The molecule has 2 aromatic carbocycles. The molecule has 4 rings (SSSR count). The highest BCUT2D eigenvalue weighted by Gasteiger charge is 2.56. The van der Waals surface area contributed by atoms with Crippen LogP contribution in [0, 0.1) is 17.8 Å². The van der Waals surface area contributed by atoms with Crippen molar-refractivity contribution < 1.29 is 9.53 Å². The zero-order valence-corrected chi connectivity index (χ0v) is 16.0. The lowest BCUT2D eigenvalue weighted by atomic mass is 10.2. The number of benzene rings is 2. The van der Waals surface area contributed by atoms with Crippen LogP contribution in [-0.2, 0) is 6.61 Å². The van der Waals surface area contributed by atoms with E-state index < -0.39 is 0 Å². The summed E-state index contributed by atoms with van der Waals surface area (Å²) in [7, 11) is 4.23. The number of likely N-dealkylation sites (tertiary alicyclic amines) is 1. The highest BCUT2D eigenvalue weighted by molar-refractivity contribution is 5.89. The van der Waals surface area contributed by atoms with E-state index in [-0.39, 0.29) is 6.03 Å². The molecule has 1 aliphatic carbocycles. The van der Waals surface area contributed by atoms with Crippen molar-refractivity contribution in [3.8, 4) is 5.75 Å². The summed E-state index contributed by atoms with van der Waals surface area (Å²) in [5.41, 5.74) is 1.89. The molecule has 1 heterocycles. The van der Waals surface area contributed by atoms with Crippen LogP contribution in [0.15, 0.2) is 54.6 Å². The van der Waals surface area contributed by atoms with E-state index in [9.17, 15) is 4.79 Å². The van der Waals surface area contributed by atoms with Gasteiger partial charge in [0.1, 0.15) is 12.4 Å². The normalized spacial score (nSPS) is 23.2. The Balaban J connectivity index is 1.28. The second-order valence-electron chi connectivity index (χ2n) is 7.89. The van der Waals surface area contributed by atoms with Gasteiger partial charge in [-0.25, -0.2) is 4.79 Å². The molecule has 142 valence electrons. The number of fused-ring (bicyclic) bond motifs is 1. The van der Waals surface area contributed by atoms with Gasteiger partial charge in [0.25, 0.3) is 0 Å². The van der Waals surface area contributed by atoms with Crippen LogP contribution in [-0.4, -0.2) is 49.6 Å². The standard InChI is InChI=1S/C22H27N3O2/c1-24(2)12-19-20-13-25(14-21(19)20)22(26)23-17-9-6-10-18(11-17)27-15-16-7-4-3-5-8-16/h3-11,19-21H,12-15H2,1-2H3,(H,23,26). The van der Waals surface area contributed by atoms with Gasteiger partial charge in [0.2, 0.25) is 0 Å². The monoisotopic (exact) mass is 365 g/mol. The molecule has 1 N–H and O–H groups in total. The molecule has 2 fully saturated rings. The average Bonchev–Trinajstić information content (AvgIpc) is 3.10. The first kappa shape index (κ1) is 17.9. The number of nitrogens with zero attached hydrogens (tertiary/aromatic N) is 2. The van der Waals surface area contributed by atoms with Crippen LogP contribution in [0.5, 0.6) is 5.75 Å². The zero-order valence-electron chi connectivity index (χ0n) is 16.0. The molecule has 5 heteroatoms. The van der Waals surface area contributed by atoms with Crippen LogP contribution >= 0.6 is 0 Å². The number of rotatable bonds is 6. The Kier molecular flexibility index (Phi) is 5.03. The summed E-state index contributed by atoms with van der Waals surface area (Å²) in [4.78, 5) is 16.8. The van der Waals surface area contributed by atoms with Crippen LogP contribution in [0.4, 0.5) is 10.5 Å². The fourth-order valence-corrected chi connectivity index (χ4v) is 4.11. The lowest BCUT2D eigenvalue weighted by Gasteiger charge is -2.21. The smallest absolute Gasteiger partial charge is 0.321 e. The minimum Gasteiger partial charge on any atom is -0.489 e. The van der Waals surface area contributed by atoms with E-state index in [4.69, 9.17) is 4.74 Å². The first-order chi connectivity index (χ1) is 13.1. The van der Waals surface area contributed by atoms with Gasteiger partial charge in [-0.05, 0) is 49.5 Å². The summed E-state index contributed by atoms with van der Waals surface area (Å²) in [5, 5.41) is 3.02. The number of carbonyl (C=O) groups is 1. The molecule has 2 unspecified atom stereocenters. The summed E-state index contributed by atoms with van der Waals surface area (Å²) in [5.74, 6) is 2.88. The molecule has 0 bridgehead atoms. The Morgan fingerprint density at radius 3 is 2.56 bits per heavy atom. The first-order valence-electron chi connectivity index (χ1n) is 9.57. The number of amides is 2. The third-order valence-electron chi connectivity index (χ3n) is 5.57. The van der Waals surface area contributed by atoms with Gasteiger partial charge in [-0.15, -0.1) is 0 Å². The quantitative estimate of drug-likeness (QED) is 0.852. The fourth-order valence-electron chi connectivity index (χ4n) is 4.11. The number of hydrogen-bond donors (Lipinski definition) is 1. The Labute approximate surface area is 160 Å². The predicted molar refractivity (Wildman–Crippen MR) is 107 cm³/mol. The van der Waals surface area contributed by atoms with Crippen LogP contribution in [0.2, 0.25) is 0 Å². The van der Waals surface area contributed by atoms with Gasteiger partial charge in [0.05, 0.1) is 0 Å². The van der Waals surface area contributed by atoms with Crippen molar-refractivity contribution >= 4 is 11.7 Å². The summed E-state index contributed by atoms with van der Waals surface area (Å²) < 4.78 is 5.85. The van der Waals surface area contributed by atoms with Crippen LogP contribution in [0.3, 0.4) is 0 Å². The lowest BCUT2D eigenvalue weighted by Crippen LogP contribution is -2.36. The van der Waals surface area contributed by atoms with Gasteiger partial charge in [-0.3, -0.25) is 0 Å². The van der Waals surface area contributed by atoms with Gasteiger partial charge in [0.15, 0.2) is 0 Å². The van der Waals surface area contributed by atoms with Crippen molar-refractivity contribution in [2.24, 2.45) is 17.8 Å². The van der Waals surface area contributed by atoms with Crippen molar-refractivity contribution in [2.75, 3.05) is 39.0 Å². The summed E-state index contributed by atoms with van der Waals surface area (Å²) in [6.07, 6.45) is 0. The van der Waals surface area contributed by atoms with E-state index >= 15 is 0 Å². The molecule has 27 heavy (non-hydrogen) atoms. The molecular formula is C22H27N3O2. The fraction of sp³-hybridized carbons (Fsp3) is 0.409. The van der Waals surface area contributed by atoms with E-state index in [0.29, 0.717) is 18.4 Å². The summed E-state index contributed by atoms with van der Waals surface area (Å²) in [6, 6.07) is 17.7. The summed E-state index contributed by atoms with van der Waals surface area (Å²) >= 11 is 0. The first-order valence-corrected chi connectivity index (χ1v) is 9.57. The molecule has 0 aromatic heterocycles. The number of ether oxygens (including phenoxy) is 1. The number of piperidine rings is 1. The number of urea groups is 1. The van der Waals surface area contributed by atoms with Gasteiger partial charge in [0, 0.05) is 31.4 Å². The second kappa shape index (κ2) is 7.61. The Bertz CT molecular complexity index is 781. The largest absolute Gasteiger partial charge is 0.489 e. The molecule has 2 amide bonds. The van der Waals surface area contributed by atoms with Crippen molar-refractivity contribution in [3.05, 3.63) is 60.2 Å². The van der Waals surface area contributed by atoms with Crippen molar-refractivity contribution in [3.63, 3.8) is 0 Å². The average molecular weight is 365 g/mol. The van der Waals surface area contributed by atoms with E-state index in [0.717, 1.165) is 42.6 Å². The molecule has 2 atom stereocenters. The maximum atomic E-state index is 12.6. The van der Waals surface area contributed by atoms with Crippen molar-refractivity contribution in [1.82, 2.24) is 9.80 Å². The van der Waals surface area contributed by atoms with E-state index in [2.05, 4.69) is 24.3 Å². The second-order valence-corrected chi connectivity index (χ2v) is 7.89. The highest BCUT2D eigenvalue weighted by atomic mass is 16.5. The van der Waals surface area contributed by atoms with Crippen LogP contribution in [0.25, 0.3) is 0 Å². The number of hydrogen-bond acceptors (Lipinski definition) is 3. The molecule has 2 aliphatic rings. The van der Waals surface area contributed by atoms with Crippen LogP contribution < -0.4 is 10.1 Å². The summed E-state index contributed by atoms with van der Waals surface area (Å²) in [6.45, 7) is 3.39. The topological polar surface area (TPSA) is 44.8 Å². The molecule has 5 nitrogen and oxygen atoms in total. The maximum Gasteiger partial charge on any atom is 0.321 e. The minimum atomic E-state index is -0.00832. The molecular weight excluding hydrogens is 338 g/mol. The zero-order chi connectivity index (χ0) is 18.8. The Hall–Kier alpha value is -2.53. The van der Waals surface area contributed by atoms with E-state index in [1.807, 2.05) is 59.5 Å². The number of carbonyl (C=O) groups excluding carboxylic acids is 1. The van der Waals surface area contributed by atoms with Crippen molar-refractivity contribution in [2.45, 2.75) is 6.61 Å². The molecule has 1 saturated carbocycles. The van der Waals surface area contributed by atoms with E-state index in [1.165, 1.54) is 0 Å². The Morgan fingerprint density at radius 1 is 1.11 bits per heavy atom. The van der Waals surface area contributed by atoms with Crippen LogP contribution in [0.1, 0.15) is 5.56 Å². The minimum absolute atomic E-state index is 0.00832. The number of anilines is 1. The predicted octanol–water partition coefficient (Wildman–Crippen LogP) is 3.54. The van der Waals surface area contributed by atoms with Crippen molar-refractivity contribution in [1.29, 1.82) is 0 Å². The maximum absolute atomic E-state index is 12.6. The highest BCUT2D eigenvalue weighted by Crippen LogP contribution is 2.51. The van der Waals surface area contributed by atoms with Gasteiger partial charge < -0.3 is 19.9 Å². The van der Waals surface area contributed by atoms with Gasteiger partial charge in [-0.1, -0.05) is 36.4 Å². The number of nitrogens with one attached hydrogen (secondary N) is 1. The molecule has 0 radical (unpaired) electrons. The third-order valence-corrected chi connectivity index (χ3v) is 5.57. The SMILES string of the molecule is CN(C)CC1C2CN(C(=O)Nc3cccc(OCc4ccccc4)c3)CC12. The molecule has 1 aliphatic heterocycles. The third kappa shape index (κ3) is 4.25. The molecule has 0 spiro atoms. The lowest BCUT2D eigenvalue weighted by molar-refractivity contribution is 0.212. The molecule has 1 saturated heterocycles. The molecule has 2 aromatic rings. The van der Waals surface area contributed by atoms with Gasteiger partial charge >= 0.3 is 6.03 Å². The van der Waals surface area contributed by atoms with E-state index in [1.54, 1.807) is 0 Å².